The van der Waals surface area contributed by atoms with Crippen molar-refractivity contribution in [3.63, 3.8) is 0 Å². The molecule has 0 spiro atoms. The van der Waals surface area contributed by atoms with Crippen molar-refractivity contribution in [1.82, 2.24) is 14.4 Å². The third kappa shape index (κ3) is 0.724. The van der Waals surface area contributed by atoms with Crippen LogP contribution < -0.4 is 10.9 Å². The summed E-state index contributed by atoms with van der Waals surface area (Å²) in [6.07, 6.45) is 0. The van der Waals surface area contributed by atoms with Crippen LogP contribution >= 0.6 is 0 Å². The molecule has 0 aliphatic rings. The lowest BCUT2D eigenvalue weighted by Crippen LogP contribution is -2.23. The van der Waals surface area contributed by atoms with Gasteiger partial charge in [-0.05, 0) is 12.1 Å². The minimum Gasteiger partial charge on any atom is -0.290 e. The topological polar surface area (TPSA) is 50.2 Å². The number of fused-ring (bicyclic) bond motifs is 3. The van der Waals surface area contributed by atoms with Crippen LogP contribution in [0.1, 0.15) is 0 Å². The Labute approximate surface area is 78.5 Å². The second-order valence-electron chi connectivity index (χ2n) is 3.16. The van der Waals surface area contributed by atoms with Gasteiger partial charge in [-0.1, -0.05) is 18.7 Å². The molecule has 0 unspecified atom stereocenters. The molecule has 4 nitrogen and oxygen atoms in total. The zero-order chi connectivity index (χ0) is 9.71. The van der Waals surface area contributed by atoms with Gasteiger partial charge in [0.15, 0.2) is 0 Å². The van der Waals surface area contributed by atoms with Crippen molar-refractivity contribution in [2.75, 3.05) is 0 Å². The van der Waals surface area contributed by atoms with Gasteiger partial charge in [-0.25, -0.2) is 4.98 Å². The molecule has 14 heavy (non-hydrogen) atoms. The summed E-state index contributed by atoms with van der Waals surface area (Å²) in [7, 11) is 0. The minimum absolute atomic E-state index is 0.182. The molecular weight excluding hydrogens is 178 g/mol. The molecule has 2 aromatic heterocycles. The van der Waals surface area contributed by atoms with E-state index in [1.807, 2.05) is 24.3 Å². The SMILES string of the molecule is C=c1c(=O)[nH]c2nc3ccccc3n12. The van der Waals surface area contributed by atoms with Gasteiger partial charge in [-0.2, -0.15) is 0 Å². The van der Waals surface area contributed by atoms with Gasteiger partial charge in [0, 0.05) is 0 Å². The van der Waals surface area contributed by atoms with Crippen LogP contribution in [0, 0.1) is 0 Å². The molecule has 4 heteroatoms. The molecule has 0 amide bonds. The lowest BCUT2D eigenvalue weighted by molar-refractivity contribution is 1.20. The third-order valence-corrected chi connectivity index (χ3v) is 2.32. The summed E-state index contributed by atoms with van der Waals surface area (Å²) in [5.41, 5.74) is 1.59. The van der Waals surface area contributed by atoms with Gasteiger partial charge in [0.25, 0.3) is 5.56 Å². The molecule has 0 aliphatic carbocycles. The van der Waals surface area contributed by atoms with Gasteiger partial charge in [-0.15, -0.1) is 0 Å². The van der Waals surface area contributed by atoms with Crippen molar-refractivity contribution >= 4 is 23.4 Å². The Morgan fingerprint density at radius 2 is 2.14 bits per heavy atom. The Bertz CT molecular complexity index is 723. The number of nitrogens with zero attached hydrogens (tertiary/aromatic N) is 2. The number of H-pyrrole nitrogens is 1. The monoisotopic (exact) mass is 185 g/mol. The van der Waals surface area contributed by atoms with Crippen LogP contribution in [0.15, 0.2) is 29.1 Å². The minimum atomic E-state index is -0.182. The van der Waals surface area contributed by atoms with Crippen LogP contribution in [0.3, 0.4) is 0 Å². The maximum Gasteiger partial charge on any atom is 0.274 e. The quantitative estimate of drug-likeness (QED) is 0.547. The molecule has 0 saturated heterocycles. The second-order valence-corrected chi connectivity index (χ2v) is 3.16. The van der Waals surface area contributed by atoms with Crippen LogP contribution in [0.2, 0.25) is 0 Å². The fraction of sp³-hybridized carbons (Fsp3) is 0. The number of hydrogen-bond donors (Lipinski definition) is 1. The Kier molecular flexibility index (Phi) is 1.16. The van der Waals surface area contributed by atoms with Crippen molar-refractivity contribution in [3.05, 3.63) is 40.0 Å². The molecule has 0 bridgehead atoms. The smallest absolute Gasteiger partial charge is 0.274 e. The summed E-state index contributed by atoms with van der Waals surface area (Å²) in [6.45, 7) is 3.71. The summed E-state index contributed by atoms with van der Waals surface area (Å²) in [4.78, 5) is 18.2. The van der Waals surface area contributed by atoms with E-state index in [2.05, 4.69) is 16.5 Å². The third-order valence-electron chi connectivity index (χ3n) is 2.32. The maximum absolute atomic E-state index is 11.3. The van der Waals surface area contributed by atoms with E-state index < -0.39 is 0 Å². The number of hydrogen-bond acceptors (Lipinski definition) is 2. The van der Waals surface area contributed by atoms with E-state index in [4.69, 9.17) is 0 Å². The van der Waals surface area contributed by atoms with Crippen LogP contribution in [0.5, 0.6) is 0 Å². The lowest BCUT2D eigenvalue weighted by Gasteiger charge is -1.87. The van der Waals surface area contributed by atoms with Crippen LogP contribution in [-0.2, 0) is 0 Å². The van der Waals surface area contributed by atoms with Gasteiger partial charge in [0.05, 0.1) is 11.0 Å². The second kappa shape index (κ2) is 2.23. The highest BCUT2D eigenvalue weighted by molar-refractivity contribution is 5.79. The van der Waals surface area contributed by atoms with Gasteiger partial charge >= 0.3 is 0 Å². The first kappa shape index (κ1) is 7.32. The lowest BCUT2D eigenvalue weighted by atomic mass is 10.3. The van der Waals surface area contributed by atoms with Gasteiger partial charge < -0.3 is 0 Å². The number of aromatic nitrogens is 3. The summed E-state index contributed by atoms with van der Waals surface area (Å²) < 4.78 is 1.73. The Morgan fingerprint density at radius 3 is 3.00 bits per heavy atom. The normalized spacial score (nSPS) is 11.4. The molecule has 1 N–H and O–H groups in total. The molecule has 68 valence electrons. The maximum atomic E-state index is 11.3. The van der Waals surface area contributed by atoms with Gasteiger partial charge in [0.2, 0.25) is 5.78 Å². The number of imidazole rings is 2. The van der Waals surface area contributed by atoms with E-state index >= 15 is 0 Å². The van der Waals surface area contributed by atoms with Crippen molar-refractivity contribution in [3.8, 4) is 0 Å². The van der Waals surface area contributed by atoms with E-state index in [0.717, 1.165) is 11.0 Å². The zero-order valence-corrected chi connectivity index (χ0v) is 7.32. The first-order chi connectivity index (χ1) is 6.77. The molecule has 3 rings (SSSR count). The Morgan fingerprint density at radius 1 is 1.36 bits per heavy atom. The Hall–Kier alpha value is -2.10. The first-order valence-corrected chi connectivity index (χ1v) is 4.25. The highest BCUT2D eigenvalue weighted by atomic mass is 16.1. The fourth-order valence-electron chi connectivity index (χ4n) is 1.66. The molecule has 0 saturated carbocycles. The number of aromatic amines is 1. The van der Waals surface area contributed by atoms with Crippen molar-refractivity contribution < 1.29 is 0 Å². The van der Waals surface area contributed by atoms with Crippen LogP contribution in [-0.4, -0.2) is 14.4 Å². The van der Waals surface area contributed by atoms with Gasteiger partial charge in [-0.3, -0.25) is 14.2 Å². The number of para-hydroxylation sites is 2. The first-order valence-electron chi connectivity index (χ1n) is 4.25. The van der Waals surface area contributed by atoms with E-state index in [0.29, 0.717) is 11.1 Å². The summed E-state index contributed by atoms with van der Waals surface area (Å²) in [5, 5.41) is 0.425. The molecule has 0 aliphatic heterocycles. The van der Waals surface area contributed by atoms with E-state index in [1.54, 1.807) is 4.40 Å². The van der Waals surface area contributed by atoms with E-state index in [-0.39, 0.29) is 5.56 Å². The largest absolute Gasteiger partial charge is 0.290 e. The highest BCUT2D eigenvalue weighted by Crippen LogP contribution is 2.11. The predicted molar refractivity (Wildman–Crippen MR) is 54.1 cm³/mol. The van der Waals surface area contributed by atoms with Gasteiger partial charge in [0.1, 0.15) is 5.35 Å². The molecule has 0 atom stereocenters. The summed E-state index contributed by atoms with van der Waals surface area (Å²) in [6, 6.07) is 7.64. The highest BCUT2D eigenvalue weighted by Gasteiger charge is 2.06. The van der Waals surface area contributed by atoms with E-state index in [1.165, 1.54) is 0 Å². The number of nitrogens with one attached hydrogen (secondary N) is 1. The average molecular weight is 185 g/mol. The standard InChI is InChI=1S/C10H7N3O/c1-6-9(14)12-10-11-7-4-2-3-5-8(7)13(6)10/h2-5H,1H2,(H,11,12,14). The predicted octanol–water partition coefficient (Wildman–Crippen LogP) is 0.305. The molecule has 2 heterocycles. The summed E-state index contributed by atoms with van der Waals surface area (Å²) in [5.74, 6) is 0.557. The molecule has 3 aromatic rings. The van der Waals surface area contributed by atoms with Crippen molar-refractivity contribution in [2.45, 2.75) is 0 Å². The van der Waals surface area contributed by atoms with Crippen LogP contribution in [0.4, 0.5) is 0 Å². The van der Waals surface area contributed by atoms with Crippen molar-refractivity contribution in [1.29, 1.82) is 0 Å². The number of rotatable bonds is 0. The fourth-order valence-corrected chi connectivity index (χ4v) is 1.66. The zero-order valence-electron chi connectivity index (χ0n) is 7.32. The molecule has 0 fully saturated rings. The molecule has 0 radical (unpaired) electrons. The van der Waals surface area contributed by atoms with Crippen molar-refractivity contribution in [2.24, 2.45) is 0 Å². The average Bonchev–Trinajstić information content (AvgIpc) is 2.65. The van der Waals surface area contributed by atoms with E-state index in [9.17, 15) is 4.79 Å². The Balaban J connectivity index is 2.77. The number of benzene rings is 1. The summed E-state index contributed by atoms with van der Waals surface area (Å²) >= 11 is 0. The van der Waals surface area contributed by atoms with Crippen LogP contribution in [0.25, 0.3) is 23.4 Å². The molecule has 1 aromatic carbocycles. The molecular formula is C10H7N3O.